The molecule has 0 radical (unpaired) electrons. The molecule has 2 unspecified atom stereocenters. The number of carbonyl (C=O) groups is 2. The summed E-state index contributed by atoms with van der Waals surface area (Å²) >= 11 is 0. The van der Waals surface area contributed by atoms with Crippen molar-refractivity contribution in [1.29, 1.82) is 0 Å². The van der Waals surface area contributed by atoms with Crippen molar-refractivity contribution in [2.45, 2.75) is 31.8 Å². The molecular weight excluding hydrogens is 232 g/mol. The van der Waals surface area contributed by atoms with Crippen LogP contribution >= 0.6 is 0 Å². The lowest BCUT2D eigenvalue weighted by molar-refractivity contribution is -0.142. The van der Waals surface area contributed by atoms with Crippen LogP contribution in [0.25, 0.3) is 0 Å². The Morgan fingerprint density at radius 2 is 1.94 bits per heavy atom. The van der Waals surface area contributed by atoms with Crippen LogP contribution in [0.1, 0.15) is 18.9 Å². The zero-order valence-corrected chi connectivity index (χ0v) is 10.3. The molecule has 4 N–H and O–H groups in total. The summed E-state index contributed by atoms with van der Waals surface area (Å²) in [5.41, 5.74) is 6.70. The van der Waals surface area contributed by atoms with E-state index in [0.29, 0.717) is 12.8 Å². The summed E-state index contributed by atoms with van der Waals surface area (Å²) in [5.74, 6) is -1.48. The summed E-state index contributed by atoms with van der Waals surface area (Å²) in [6.07, 6.45) is 0.724. The van der Waals surface area contributed by atoms with E-state index in [-0.39, 0.29) is 0 Å². The average Bonchev–Trinajstić information content (AvgIpc) is 2.36. The Morgan fingerprint density at radius 1 is 1.33 bits per heavy atom. The second-order valence-electron chi connectivity index (χ2n) is 4.10. The fourth-order valence-electron chi connectivity index (χ4n) is 1.58. The highest BCUT2D eigenvalue weighted by Crippen LogP contribution is 2.02. The highest BCUT2D eigenvalue weighted by molar-refractivity contribution is 5.86. The van der Waals surface area contributed by atoms with Crippen molar-refractivity contribution < 1.29 is 14.7 Å². The van der Waals surface area contributed by atoms with E-state index in [9.17, 15) is 9.59 Å². The fraction of sp³-hybridized carbons (Fsp3) is 0.385. The Balaban J connectivity index is 2.54. The van der Waals surface area contributed by atoms with Gasteiger partial charge in [-0.1, -0.05) is 37.3 Å². The van der Waals surface area contributed by atoms with E-state index >= 15 is 0 Å². The highest BCUT2D eigenvalue weighted by atomic mass is 16.4. The first-order valence-electron chi connectivity index (χ1n) is 5.87. The van der Waals surface area contributed by atoms with Crippen LogP contribution in [0.4, 0.5) is 0 Å². The largest absolute Gasteiger partial charge is 0.480 e. The SMILES string of the molecule is CCC(NC(=O)C(N)Cc1ccccc1)C(=O)O. The summed E-state index contributed by atoms with van der Waals surface area (Å²) in [6, 6.07) is 7.76. The van der Waals surface area contributed by atoms with Gasteiger partial charge in [-0.2, -0.15) is 0 Å². The predicted molar refractivity (Wildman–Crippen MR) is 68.0 cm³/mol. The molecule has 0 saturated carbocycles. The number of nitrogens with two attached hydrogens (primary N) is 1. The molecule has 1 aromatic carbocycles. The first-order chi connectivity index (χ1) is 8.54. The summed E-state index contributed by atoms with van der Waals surface area (Å²) < 4.78 is 0. The second-order valence-corrected chi connectivity index (χ2v) is 4.10. The minimum Gasteiger partial charge on any atom is -0.480 e. The Hall–Kier alpha value is -1.88. The van der Waals surface area contributed by atoms with Crippen LogP contribution in [-0.4, -0.2) is 29.1 Å². The Labute approximate surface area is 106 Å². The number of carboxylic acid groups (broad SMARTS) is 1. The van der Waals surface area contributed by atoms with Crippen LogP contribution in [0.15, 0.2) is 30.3 Å². The van der Waals surface area contributed by atoms with Gasteiger partial charge in [0.25, 0.3) is 0 Å². The molecule has 0 heterocycles. The van der Waals surface area contributed by atoms with E-state index in [1.54, 1.807) is 6.92 Å². The molecule has 0 aliphatic heterocycles. The number of amides is 1. The maximum absolute atomic E-state index is 11.7. The second kappa shape index (κ2) is 6.76. The van der Waals surface area contributed by atoms with Crippen molar-refractivity contribution in [1.82, 2.24) is 5.32 Å². The van der Waals surface area contributed by atoms with Crippen LogP contribution in [0, 0.1) is 0 Å². The van der Waals surface area contributed by atoms with Gasteiger partial charge in [0.15, 0.2) is 0 Å². The molecule has 1 rings (SSSR count). The van der Waals surface area contributed by atoms with Gasteiger partial charge < -0.3 is 16.2 Å². The van der Waals surface area contributed by atoms with Gasteiger partial charge in [-0.3, -0.25) is 4.79 Å². The van der Waals surface area contributed by atoms with Gasteiger partial charge in [0, 0.05) is 0 Å². The summed E-state index contributed by atoms with van der Waals surface area (Å²) in [4.78, 5) is 22.5. The third-order valence-corrected chi connectivity index (χ3v) is 2.66. The predicted octanol–water partition coefficient (Wildman–Crippen LogP) is 0.536. The third kappa shape index (κ3) is 4.18. The number of carboxylic acids is 1. The number of benzene rings is 1. The van der Waals surface area contributed by atoms with Gasteiger partial charge in [-0.05, 0) is 18.4 Å². The normalized spacial score (nSPS) is 13.7. The maximum Gasteiger partial charge on any atom is 0.326 e. The molecule has 0 aliphatic rings. The van der Waals surface area contributed by atoms with E-state index in [4.69, 9.17) is 10.8 Å². The lowest BCUT2D eigenvalue weighted by Gasteiger charge is -2.16. The van der Waals surface area contributed by atoms with Crippen LogP contribution in [-0.2, 0) is 16.0 Å². The van der Waals surface area contributed by atoms with Gasteiger partial charge in [0.1, 0.15) is 6.04 Å². The Bertz CT molecular complexity index is 406. The smallest absolute Gasteiger partial charge is 0.326 e. The summed E-state index contributed by atoms with van der Waals surface area (Å²) in [5, 5.41) is 11.3. The monoisotopic (exact) mass is 250 g/mol. The van der Waals surface area contributed by atoms with Crippen LogP contribution in [0.3, 0.4) is 0 Å². The van der Waals surface area contributed by atoms with Crippen molar-refractivity contribution in [3.63, 3.8) is 0 Å². The zero-order chi connectivity index (χ0) is 13.5. The summed E-state index contributed by atoms with van der Waals surface area (Å²) in [7, 11) is 0. The standard InChI is InChI=1S/C13H18N2O3/c1-2-11(13(17)18)15-12(16)10(14)8-9-6-4-3-5-7-9/h3-7,10-11H,2,8,14H2,1H3,(H,15,16)(H,17,18). The van der Waals surface area contributed by atoms with E-state index in [1.165, 1.54) is 0 Å². The highest BCUT2D eigenvalue weighted by Gasteiger charge is 2.21. The average molecular weight is 250 g/mol. The first-order valence-corrected chi connectivity index (χ1v) is 5.87. The minimum absolute atomic E-state index is 0.332. The van der Waals surface area contributed by atoms with Crippen LogP contribution in [0.5, 0.6) is 0 Å². The molecular formula is C13H18N2O3. The molecule has 98 valence electrons. The first kappa shape index (κ1) is 14.2. The number of hydrogen-bond acceptors (Lipinski definition) is 3. The van der Waals surface area contributed by atoms with Crippen molar-refractivity contribution in [3.8, 4) is 0 Å². The van der Waals surface area contributed by atoms with Crippen LogP contribution in [0.2, 0.25) is 0 Å². The van der Waals surface area contributed by atoms with Gasteiger partial charge in [0.2, 0.25) is 5.91 Å². The van der Waals surface area contributed by atoms with Crippen molar-refractivity contribution >= 4 is 11.9 Å². The molecule has 0 aliphatic carbocycles. The lowest BCUT2D eigenvalue weighted by Crippen LogP contribution is -2.48. The van der Waals surface area contributed by atoms with E-state index in [2.05, 4.69) is 5.32 Å². The third-order valence-electron chi connectivity index (χ3n) is 2.66. The zero-order valence-electron chi connectivity index (χ0n) is 10.3. The maximum atomic E-state index is 11.7. The molecule has 5 heteroatoms. The molecule has 0 spiro atoms. The Morgan fingerprint density at radius 3 is 2.44 bits per heavy atom. The fourth-order valence-corrected chi connectivity index (χ4v) is 1.58. The topological polar surface area (TPSA) is 92.4 Å². The number of nitrogens with one attached hydrogen (secondary N) is 1. The Kier molecular flexibility index (Phi) is 5.32. The lowest BCUT2D eigenvalue weighted by atomic mass is 10.1. The molecule has 1 amide bonds. The number of carbonyl (C=O) groups excluding carboxylic acids is 1. The van der Waals surface area contributed by atoms with Gasteiger partial charge in [-0.25, -0.2) is 4.79 Å². The molecule has 18 heavy (non-hydrogen) atoms. The molecule has 0 fully saturated rings. The van der Waals surface area contributed by atoms with Gasteiger partial charge in [-0.15, -0.1) is 0 Å². The molecule has 0 saturated heterocycles. The van der Waals surface area contributed by atoms with E-state index < -0.39 is 24.0 Å². The van der Waals surface area contributed by atoms with E-state index in [0.717, 1.165) is 5.56 Å². The number of rotatable bonds is 6. The van der Waals surface area contributed by atoms with Crippen molar-refractivity contribution in [2.75, 3.05) is 0 Å². The molecule has 0 aromatic heterocycles. The molecule has 2 atom stereocenters. The minimum atomic E-state index is -1.04. The number of hydrogen-bond donors (Lipinski definition) is 3. The van der Waals surface area contributed by atoms with Gasteiger partial charge in [0.05, 0.1) is 6.04 Å². The molecule has 5 nitrogen and oxygen atoms in total. The van der Waals surface area contributed by atoms with Gasteiger partial charge >= 0.3 is 5.97 Å². The molecule has 0 bridgehead atoms. The quantitative estimate of drug-likeness (QED) is 0.687. The summed E-state index contributed by atoms with van der Waals surface area (Å²) in [6.45, 7) is 1.70. The van der Waals surface area contributed by atoms with Crippen molar-refractivity contribution in [3.05, 3.63) is 35.9 Å². The van der Waals surface area contributed by atoms with E-state index in [1.807, 2.05) is 30.3 Å². The molecule has 1 aromatic rings. The van der Waals surface area contributed by atoms with Crippen molar-refractivity contribution in [2.24, 2.45) is 5.73 Å². The number of aliphatic carboxylic acids is 1. The van der Waals surface area contributed by atoms with Crippen LogP contribution < -0.4 is 11.1 Å².